The van der Waals surface area contributed by atoms with Gasteiger partial charge in [0.1, 0.15) is 6.20 Å². The van der Waals surface area contributed by atoms with Crippen molar-refractivity contribution >= 4 is 5.78 Å². The Labute approximate surface area is 99.9 Å². The molecule has 0 saturated carbocycles. The van der Waals surface area contributed by atoms with Crippen molar-refractivity contribution in [1.29, 1.82) is 0 Å². The third-order valence-corrected chi connectivity index (χ3v) is 2.52. The molecule has 4 heteroatoms. The number of nitrogens with zero attached hydrogens (tertiary/aromatic N) is 1. The van der Waals surface area contributed by atoms with Gasteiger partial charge in [-0.3, -0.25) is 4.79 Å². The highest BCUT2D eigenvalue weighted by Gasteiger charge is 2.19. The Kier molecular flexibility index (Phi) is 3.35. The van der Waals surface area contributed by atoms with E-state index in [0.717, 1.165) is 11.4 Å². The first-order valence-corrected chi connectivity index (χ1v) is 5.40. The van der Waals surface area contributed by atoms with Gasteiger partial charge in [0, 0.05) is 14.0 Å². The van der Waals surface area contributed by atoms with Gasteiger partial charge < -0.3 is 4.74 Å². The summed E-state index contributed by atoms with van der Waals surface area (Å²) in [6, 6.07) is 9.85. The van der Waals surface area contributed by atoms with Crippen molar-refractivity contribution in [3.05, 3.63) is 42.2 Å². The topological polar surface area (TPSA) is 46.0 Å². The van der Waals surface area contributed by atoms with Gasteiger partial charge in [-0.2, -0.15) is 0 Å². The molecule has 0 aliphatic heterocycles. The third-order valence-electron chi connectivity index (χ3n) is 2.52. The zero-order valence-corrected chi connectivity index (χ0v) is 9.93. The molecule has 2 aromatic rings. The fourth-order valence-electron chi connectivity index (χ4n) is 1.71. The Morgan fingerprint density at radius 3 is 2.65 bits per heavy atom. The van der Waals surface area contributed by atoms with E-state index in [4.69, 9.17) is 4.74 Å². The molecule has 0 fully saturated rings. The van der Waals surface area contributed by atoms with Crippen LogP contribution in [0.4, 0.5) is 0 Å². The second kappa shape index (κ2) is 4.93. The number of hydrogen-bond acceptors (Lipinski definition) is 2. The minimum absolute atomic E-state index is 0.0111. The summed E-state index contributed by atoms with van der Waals surface area (Å²) in [7, 11) is 1.63. The Hall–Kier alpha value is -1.94. The number of carbonyl (C=O) groups excluding carboxylic acids is 1. The van der Waals surface area contributed by atoms with Gasteiger partial charge in [-0.1, -0.05) is 18.2 Å². The van der Waals surface area contributed by atoms with Gasteiger partial charge in [0.2, 0.25) is 11.5 Å². The summed E-state index contributed by atoms with van der Waals surface area (Å²) in [4.78, 5) is 14.5. The molecule has 0 radical (unpaired) electrons. The number of H-pyrrole nitrogens is 1. The van der Waals surface area contributed by atoms with Crippen LogP contribution in [0.1, 0.15) is 17.4 Å². The average Bonchev–Trinajstić information content (AvgIpc) is 2.75. The van der Waals surface area contributed by atoms with Crippen molar-refractivity contribution in [2.24, 2.45) is 0 Å². The summed E-state index contributed by atoms with van der Waals surface area (Å²) in [5.74, 6) is 0.884. The largest absolute Gasteiger partial charge is 0.345 e. The maximum Gasteiger partial charge on any atom is 0.289 e. The molecule has 0 saturated heterocycles. The Balaban J connectivity index is 2.48. The number of methoxy groups -OCH3 is 1. The summed E-state index contributed by atoms with van der Waals surface area (Å²) in [5.41, 5.74) is 1.61. The Morgan fingerprint density at radius 1 is 1.35 bits per heavy atom. The number of rotatable bonds is 4. The van der Waals surface area contributed by atoms with Crippen molar-refractivity contribution in [3.8, 4) is 11.4 Å². The molecule has 0 aliphatic rings. The van der Waals surface area contributed by atoms with E-state index in [1.54, 1.807) is 13.3 Å². The number of aromatic nitrogens is 2. The third kappa shape index (κ3) is 2.42. The molecular formula is C13H15N2O2+. The lowest BCUT2D eigenvalue weighted by Crippen LogP contribution is -2.34. The quantitative estimate of drug-likeness (QED) is 0.644. The Bertz CT molecular complexity index is 517. The fraction of sp³-hybridized carbons (Fsp3) is 0.231. The zero-order valence-electron chi connectivity index (χ0n) is 9.93. The van der Waals surface area contributed by atoms with Crippen molar-refractivity contribution in [2.75, 3.05) is 7.11 Å². The summed E-state index contributed by atoms with van der Waals surface area (Å²) in [5, 5.41) is 0. The highest BCUT2D eigenvalue weighted by molar-refractivity contribution is 5.92. The lowest BCUT2D eigenvalue weighted by atomic mass is 10.2. The zero-order chi connectivity index (χ0) is 12.3. The van der Waals surface area contributed by atoms with Gasteiger partial charge in [0.05, 0.1) is 5.56 Å². The predicted octanol–water partition coefficient (Wildman–Crippen LogP) is 1.78. The molecule has 0 atom stereocenters. The molecule has 0 spiro atoms. The normalized spacial score (nSPS) is 10.5. The predicted molar refractivity (Wildman–Crippen MR) is 63.4 cm³/mol. The number of carbonyl (C=O) groups is 1. The van der Waals surface area contributed by atoms with E-state index in [1.165, 1.54) is 6.92 Å². The van der Waals surface area contributed by atoms with E-state index in [2.05, 4.69) is 4.98 Å². The van der Waals surface area contributed by atoms with E-state index in [-0.39, 0.29) is 5.78 Å². The average molecular weight is 231 g/mol. The van der Waals surface area contributed by atoms with Crippen molar-refractivity contribution in [1.82, 2.24) is 4.98 Å². The van der Waals surface area contributed by atoms with Crippen LogP contribution < -0.4 is 4.57 Å². The molecule has 17 heavy (non-hydrogen) atoms. The molecule has 0 bridgehead atoms. The molecule has 0 amide bonds. The second-order valence-electron chi connectivity index (χ2n) is 3.83. The number of ether oxygens (including phenoxy) is 1. The van der Waals surface area contributed by atoms with Gasteiger partial charge >= 0.3 is 0 Å². The molecule has 88 valence electrons. The van der Waals surface area contributed by atoms with Crippen LogP contribution in [0.2, 0.25) is 0 Å². The molecule has 2 rings (SSSR count). The first-order chi connectivity index (χ1) is 8.22. The Morgan fingerprint density at radius 2 is 2.06 bits per heavy atom. The molecule has 1 aromatic carbocycles. The molecule has 0 aliphatic carbocycles. The molecular weight excluding hydrogens is 216 g/mol. The van der Waals surface area contributed by atoms with Crippen molar-refractivity contribution in [3.63, 3.8) is 0 Å². The molecule has 1 heterocycles. The van der Waals surface area contributed by atoms with Crippen LogP contribution in [-0.4, -0.2) is 17.9 Å². The van der Waals surface area contributed by atoms with E-state index in [9.17, 15) is 4.79 Å². The summed E-state index contributed by atoms with van der Waals surface area (Å²) in [6.07, 6.45) is 1.77. The lowest BCUT2D eigenvalue weighted by molar-refractivity contribution is -0.720. The second-order valence-corrected chi connectivity index (χ2v) is 3.83. The monoisotopic (exact) mass is 231 g/mol. The number of imidazole rings is 1. The van der Waals surface area contributed by atoms with E-state index in [0.29, 0.717) is 12.4 Å². The fourth-order valence-corrected chi connectivity index (χ4v) is 1.71. The van der Waals surface area contributed by atoms with Crippen LogP contribution in [0.25, 0.3) is 11.4 Å². The van der Waals surface area contributed by atoms with Crippen LogP contribution in [0.5, 0.6) is 0 Å². The number of nitrogens with one attached hydrogen (secondary N) is 1. The number of benzene rings is 1. The number of hydrogen-bond donors (Lipinski definition) is 1. The van der Waals surface area contributed by atoms with Crippen molar-refractivity contribution in [2.45, 2.75) is 13.7 Å². The molecule has 1 aromatic heterocycles. The van der Waals surface area contributed by atoms with Gasteiger partial charge in [0.15, 0.2) is 6.73 Å². The maximum absolute atomic E-state index is 11.4. The van der Waals surface area contributed by atoms with Gasteiger partial charge in [-0.25, -0.2) is 9.55 Å². The van der Waals surface area contributed by atoms with Crippen LogP contribution >= 0.6 is 0 Å². The molecule has 4 nitrogen and oxygen atoms in total. The SMILES string of the molecule is COC[n+]1cc(C(C)=O)[nH]c1-c1ccccc1. The van der Waals surface area contributed by atoms with E-state index in [1.807, 2.05) is 34.9 Å². The van der Waals surface area contributed by atoms with Gasteiger partial charge in [-0.05, 0) is 12.1 Å². The molecule has 1 N–H and O–H groups in total. The van der Waals surface area contributed by atoms with Gasteiger partial charge in [-0.15, -0.1) is 0 Å². The number of Topliss-reactive ketones (excluding diaryl/α,β-unsaturated/α-hetero) is 1. The van der Waals surface area contributed by atoms with Crippen LogP contribution in [0.15, 0.2) is 36.5 Å². The van der Waals surface area contributed by atoms with Crippen LogP contribution in [-0.2, 0) is 11.5 Å². The number of aromatic amines is 1. The van der Waals surface area contributed by atoms with Gasteiger partial charge in [0.25, 0.3) is 5.82 Å². The standard InChI is InChI=1S/C13H14N2O2/c1-10(16)12-8-15(9-17-2)13(14-12)11-6-4-3-5-7-11/h3-8H,9H2,1-2H3/p+1. The highest BCUT2D eigenvalue weighted by atomic mass is 16.5. The highest BCUT2D eigenvalue weighted by Crippen LogP contribution is 2.13. The first kappa shape index (κ1) is 11.5. The smallest absolute Gasteiger partial charge is 0.289 e. The summed E-state index contributed by atoms with van der Waals surface area (Å²) in [6.45, 7) is 1.95. The first-order valence-electron chi connectivity index (χ1n) is 5.40. The maximum atomic E-state index is 11.4. The lowest BCUT2D eigenvalue weighted by Gasteiger charge is -1.98. The van der Waals surface area contributed by atoms with Crippen molar-refractivity contribution < 1.29 is 14.1 Å². The van der Waals surface area contributed by atoms with E-state index < -0.39 is 0 Å². The molecule has 0 unspecified atom stereocenters. The summed E-state index contributed by atoms with van der Waals surface area (Å²) >= 11 is 0. The van der Waals surface area contributed by atoms with E-state index >= 15 is 0 Å². The minimum Gasteiger partial charge on any atom is -0.345 e. The summed E-state index contributed by atoms with van der Waals surface area (Å²) < 4.78 is 7.00. The number of ketones is 1. The van der Waals surface area contributed by atoms with Crippen LogP contribution in [0.3, 0.4) is 0 Å². The minimum atomic E-state index is 0.0111. The van der Waals surface area contributed by atoms with Crippen LogP contribution in [0, 0.1) is 0 Å².